The third-order valence-electron chi connectivity index (χ3n) is 4.94. The van der Waals surface area contributed by atoms with Gasteiger partial charge >= 0.3 is 6.03 Å². The molecule has 1 fully saturated rings. The summed E-state index contributed by atoms with van der Waals surface area (Å²) in [5, 5.41) is 2.81. The minimum absolute atomic E-state index is 0.147. The SMILES string of the molecule is CS(=O)(=O)c1ccc(Oc2cccc(OCC3CN(C(=O)Nc4cccnc4)C3)c2)cc1. The first kappa shape index (κ1) is 21.6. The maximum absolute atomic E-state index is 12.2. The second kappa shape index (κ2) is 9.27. The van der Waals surface area contributed by atoms with Crippen LogP contribution in [0.15, 0.2) is 78.0 Å². The lowest BCUT2D eigenvalue weighted by Gasteiger charge is -2.38. The lowest BCUT2D eigenvalue weighted by molar-refractivity contribution is 0.0924. The number of nitrogens with zero attached hydrogens (tertiary/aromatic N) is 2. The minimum Gasteiger partial charge on any atom is -0.493 e. The number of anilines is 1. The largest absolute Gasteiger partial charge is 0.493 e. The van der Waals surface area contributed by atoms with Gasteiger partial charge in [0.2, 0.25) is 0 Å². The molecule has 0 unspecified atom stereocenters. The Balaban J connectivity index is 1.25. The monoisotopic (exact) mass is 453 g/mol. The van der Waals surface area contributed by atoms with Crippen LogP contribution in [0.2, 0.25) is 0 Å². The summed E-state index contributed by atoms with van der Waals surface area (Å²) < 4.78 is 34.8. The molecule has 4 rings (SSSR count). The summed E-state index contributed by atoms with van der Waals surface area (Å²) in [6.45, 7) is 1.73. The van der Waals surface area contributed by atoms with Crippen LogP contribution in [0.3, 0.4) is 0 Å². The molecule has 0 spiro atoms. The van der Waals surface area contributed by atoms with Gasteiger partial charge in [0.1, 0.15) is 17.2 Å². The molecule has 1 aromatic heterocycles. The average molecular weight is 454 g/mol. The highest BCUT2D eigenvalue weighted by Gasteiger charge is 2.31. The van der Waals surface area contributed by atoms with E-state index in [2.05, 4.69) is 10.3 Å². The van der Waals surface area contributed by atoms with Gasteiger partial charge in [-0.15, -0.1) is 0 Å². The number of ether oxygens (including phenoxy) is 2. The maximum Gasteiger partial charge on any atom is 0.321 e. The number of pyridine rings is 1. The van der Waals surface area contributed by atoms with Crippen LogP contribution >= 0.6 is 0 Å². The molecule has 1 aliphatic rings. The van der Waals surface area contributed by atoms with Gasteiger partial charge in [-0.25, -0.2) is 13.2 Å². The Morgan fingerprint density at radius 3 is 2.50 bits per heavy atom. The maximum atomic E-state index is 12.2. The normalized spacial score (nSPS) is 13.8. The third-order valence-corrected chi connectivity index (χ3v) is 6.06. The molecule has 166 valence electrons. The molecular weight excluding hydrogens is 430 g/mol. The van der Waals surface area contributed by atoms with Gasteiger partial charge in [-0.2, -0.15) is 0 Å². The van der Waals surface area contributed by atoms with Gasteiger partial charge in [0, 0.05) is 37.5 Å². The van der Waals surface area contributed by atoms with Crippen LogP contribution in [0.1, 0.15) is 0 Å². The first-order chi connectivity index (χ1) is 15.4. The Morgan fingerprint density at radius 2 is 1.81 bits per heavy atom. The van der Waals surface area contributed by atoms with Gasteiger partial charge in [0.25, 0.3) is 0 Å². The fraction of sp³-hybridized carbons (Fsp3) is 0.217. The topological polar surface area (TPSA) is 97.8 Å². The van der Waals surface area contributed by atoms with Crippen LogP contribution in [-0.2, 0) is 9.84 Å². The fourth-order valence-corrected chi connectivity index (χ4v) is 3.84. The summed E-state index contributed by atoms with van der Waals surface area (Å²) in [4.78, 5) is 18.1. The number of carbonyl (C=O) groups is 1. The number of amides is 2. The number of rotatable bonds is 7. The van der Waals surface area contributed by atoms with Gasteiger partial charge in [-0.05, 0) is 48.5 Å². The molecular formula is C23H23N3O5S. The van der Waals surface area contributed by atoms with Crippen molar-refractivity contribution in [2.24, 2.45) is 5.92 Å². The van der Waals surface area contributed by atoms with Crippen molar-refractivity contribution >= 4 is 21.6 Å². The zero-order chi connectivity index (χ0) is 22.6. The van der Waals surface area contributed by atoms with Gasteiger partial charge in [-0.3, -0.25) is 4.98 Å². The van der Waals surface area contributed by atoms with E-state index in [1.165, 1.54) is 12.1 Å². The smallest absolute Gasteiger partial charge is 0.321 e. The Kier molecular flexibility index (Phi) is 6.27. The second-order valence-corrected chi connectivity index (χ2v) is 9.59. The molecule has 2 amide bonds. The van der Waals surface area contributed by atoms with E-state index in [9.17, 15) is 13.2 Å². The van der Waals surface area contributed by atoms with E-state index < -0.39 is 9.84 Å². The van der Waals surface area contributed by atoms with Crippen molar-refractivity contribution in [1.29, 1.82) is 0 Å². The first-order valence-corrected chi connectivity index (χ1v) is 11.9. The first-order valence-electron chi connectivity index (χ1n) is 10.0. The summed E-state index contributed by atoms with van der Waals surface area (Å²) in [6, 6.07) is 16.9. The number of carbonyl (C=O) groups excluding carboxylic acids is 1. The number of nitrogens with one attached hydrogen (secondary N) is 1. The van der Waals surface area contributed by atoms with E-state index in [1.54, 1.807) is 53.7 Å². The highest BCUT2D eigenvalue weighted by molar-refractivity contribution is 7.90. The number of hydrogen-bond donors (Lipinski definition) is 1. The molecule has 0 saturated carbocycles. The van der Waals surface area contributed by atoms with Crippen molar-refractivity contribution in [2.75, 3.05) is 31.3 Å². The van der Waals surface area contributed by atoms with Crippen molar-refractivity contribution in [2.45, 2.75) is 4.90 Å². The molecule has 1 aliphatic heterocycles. The number of benzene rings is 2. The Morgan fingerprint density at radius 1 is 1.06 bits per heavy atom. The summed E-state index contributed by atoms with van der Waals surface area (Å²) >= 11 is 0. The summed E-state index contributed by atoms with van der Waals surface area (Å²) in [7, 11) is -3.24. The fourth-order valence-electron chi connectivity index (χ4n) is 3.21. The second-order valence-electron chi connectivity index (χ2n) is 7.57. The van der Waals surface area contributed by atoms with E-state index in [0.717, 1.165) is 6.26 Å². The van der Waals surface area contributed by atoms with Gasteiger partial charge in [0.05, 0.1) is 23.4 Å². The van der Waals surface area contributed by atoms with Crippen molar-refractivity contribution in [3.63, 3.8) is 0 Å². The van der Waals surface area contributed by atoms with E-state index in [0.29, 0.717) is 42.6 Å². The molecule has 0 atom stereocenters. The van der Waals surface area contributed by atoms with Crippen molar-refractivity contribution < 1.29 is 22.7 Å². The van der Waals surface area contributed by atoms with Crippen LogP contribution < -0.4 is 14.8 Å². The van der Waals surface area contributed by atoms with E-state index >= 15 is 0 Å². The summed E-state index contributed by atoms with van der Waals surface area (Å²) in [5.41, 5.74) is 0.667. The molecule has 0 radical (unpaired) electrons. The summed E-state index contributed by atoms with van der Waals surface area (Å²) in [6.07, 6.45) is 4.42. The lowest BCUT2D eigenvalue weighted by atomic mass is 10.0. The lowest BCUT2D eigenvalue weighted by Crippen LogP contribution is -2.53. The molecule has 0 aliphatic carbocycles. The predicted octanol–water partition coefficient (Wildman–Crippen LogP) is 3.82. The molecule has 3 aromatic rings. The van der Waals surface area contributed by atoms with E-state index in [4.69, 9.17) is 9.47 Å². The third kappa shape index (κ3) is 5.55. The molecule has 1 N–H and O–H groups in total. The highest BCUT2D eigenvalue weighted by Crippen LogP contribution is 2.27. The molecule has 1 saturated heterocycles. The van der Waals surface area contributed by atoms with Gasteiger partial charge < -0.3 is 19.7 Å². The molecule has 8 nitrogen and oxygen atoms in total. The van der Waals surface area contributed by atoms with Crippen LogP contribution in [0.5, 0.6) is 17.2 Å². The van der Waals surface area contributed by atoms with Crippen molar-refractivity contribution in [3.05, 3.63) is 73.1 Å². The van der Waals surface area contributed by atoms with Gasteiger partial charge in [-0.1, -0.05) is 6.07 Å². The van der Waals surface area contributed by atoms with Crippen molar-refractivity contribution in [1.82, 2.24) is 9.88 Å². The number of likely N-dealkylation sites (tertiary alicyclic amines) is 1. The average Bonchev–Trinajstić information content (AvgIpc) is 2.73. The van der Waals surface area contributed by atoms with Crippen LogP contribution in [-0.4, -0.2) is 50.3 Å². The van der Waals surface area contributed by atoms with Crippen LogP contribution in [0.25, 0.3) is 0 Å². The standard InChI is InChI=1S/C23H23N3O5S/c1-32(28,29)22-9-7-19(8-10-22)31-21-6-2-5-20(12-21)30-16-17-14-26(15-17)23(27)25-18-4-3-11-24-13-18/h2-13,17H,14-16H2,1H3,(H,25,27). The highest BCUT2D eigenvalue weighted by atomic mass is 32.2. The zero-order valence-electron chi connectivity index (χ0n) is 17.5. The molecule has 2 aromatic carbocycles. The zero-order valence-corrected chi connectivity index (χ0v) is 18.3. The summed E-state index contributed by atoms with van der Waals surface area (Å²) in [5.74, 6) is 2.03. The van der Waals surface area contributed by atoms with Gasteiger partial charge in [0.15, 0.2) is 9.84 Å². The quantitative estimate of drug-likeness (QED) is 0.584. The molecule has 32 heavy (non-hydrogen) atoms. The predicted molar refractivity (Wildman–Crippen MR) is 120 cm³/mol. The molecule has 0 bridgehead atoms. The van der Waals surface area contributed by atoms with Crippen molar-refractivity contribution in [3.8, 4) is 17.2 Å². The minimum atomic E-state index is -3.24. The van der Waals surface area contributed by atoms with Crippen LogP contribution in [0, 0.1) is 5.92 Å². The van der Waals surface area contributed by atoms with Crippen LogP contribution in [0.4, 0.5) is 10.5 Å². The Bertz CT molecular complexity index is 1180. The number of urea groups is 1. The number of sulfone groups is 1. The number of aromatic nitrogens is 1. The molecule has 2 heterocycles. The Labute approximate surface area is 186 Å². The van der Waals surface area contributed by atoms with E-state index in [-0.39, 0.29) is 16.8 Å². The van der Waals surface area contributed by atoms with E-state index in [1.807, 2.05) is 12.1 Å². The Hall–Kier alpha value is -3.59. The number of hydrogen-bond acceptors (Lipinski definition) is 6. The molecule has 9 heteroatoms.